The van der Waals surface area contributed by atoms with E-state index < -0.39 is 10.0 Å². The van der Waals surface area contributed by atoms with Gasteiger partial charge >= 0.3 is 0 Å². The Morgan fingerprint density at radius 1 is 0.962 bits per heavy atom. The average Bonchev–Trinajstić information content (AvgIpc) is 2.64. The van der Waals surface area contributed by atoms with E-state index >= 15 is 0 Å². The quantitative estimate of drug-likeness (QED) is 0.709. The van der Waals surface area contributed by atoms with E-state index in [4.69, 9.17) is 0 Å². The van der Waals surface area contributed by atoms with E-state index in [2.05, 4.69) is 10.0 Å². The van der Waals surface area contributed by atoms with Gasteiger partial charge in [-0.3, -0.25) is 4.79 Å². The standard InChI is InChI=1S/C20H26N2O3S/c1-3-14-22-26(24,25)19-11-8-17(9-12-19)10-13-20(23)21-15-18-6-4-16(2)5-7-18/h4-9,11-12,22H,3,10,13-15H2,1-2H3,(H,21,23). The molecule has 6 heteroatoms. The zero-order valence-corrected chi connectivity index (χ0v) is 16.1. The molecule has 0 unspecified atom stereocenters. The maximum Gasteiger partial charge on any atom is 0.240 e. The number of hydrogen-bond acceptors (Lipinski definition) is 3. The van der Waals surface area contributed by atoms with Crippen LogP contribution in [0.25, 0.3) is 0 Å². The zero-order chi connectivity index (χ0) is 19.0. The number of amides is 1. The fraction of sp³-hybridized carbons (Fsp3) is 0.350. The van der Waals surface area contributed by atoms with Gasteiger partial charge in [0.05, 0.1) is 4.90 Å². The van der Waals surface area contributed by atoms with Crippen molar-refractivity contribution in [2.75, 3.05) is 6.54 Å². The second-order valence-electron chi connectivity index (χ2n) is 6.30. The molecule has 0 aliphatic rings. The Kier molecular flexibility index (Phi) is 7.36. The van der Waals surface area contributed by atoms with Gasteiger partial charge in [0.25, 0.3) is 0 Å². The summed E-state index contributed by atoms with van der Waals surface area (Å²) in [4.78, 5) is 12.2. The molecule has 0 saturated heterocycles. The van der Waals surface area contributed by atoms with Crippen LogP contribution >= 0.6 is 0 Å². The van der Waals surface area contributed by atoms with Crippen LogP contribution in [-0.4, -0.2) is 20.9 Å². The van der Waals surface area contributed by atoms with Crippen LogP contribution in [0, 0.1) is 6.92 Å². The lowest BCUT2D eigenvalue weighted by Crippen LogP contribution is -2.24. The lowest BCUT2D eigenvalue weighted by molar-refractivity contribution is -0.121. The lowest BCUT2D eigenvalue weighted by Gasteiger charge is -2.08. The molecule has 0 radical (unpaired) electrons. The van der Waals surface area contributed by atoms with E-state index in [9.17, 15) is 13.2 Å². The van der Waals surface area contributed by atoms with Gasteiger partial charge in [0.15, 0.2) is 0 Å². The highest BCUT2D eigenvalue weighted by Crippen LogP contribution is 2.12. The van der Waals surface area contributed by atoms with Crippen molar-refractivity contribution in [2.24, 2.45) is 0 Å². The van der Waals surface area contributed by atoms with E-state index in [1.54, 1.807) is 24.3 Å². The maximum absolute atomic E-state index is 12.0. The van der Waals surface area contributed by atoms with Crippen LogP contribution in [-0.2, 0) is 27.8 Å². The summed E-state index contributed by atoms with van der Waals surface area (Å²) < 4.78 is 26.6. The monoisotopic (exact) mass is 374 g/mol. The zero-order valence-electron chi connectivity index (χ0n) is 15.3. The fourth-order valence-electron chi connectivity index (χ4n) is 2.41. The molecule has 0 heterocycles. The van der Waals surface area contributed by atoms with Gasteiger partial charge in [-0.15, -0.1) is 0 Å². The summed E-state index contributed by atoms with van der Waals surface area (Å²) in [6.45, 7) is 4.87. The summed E-state index contributed by atoms with van der Waals surface area (Å²) >= 11 is 0. The minimum Gasteiger partial charge on any atom is -0.352 e. The minimum atomic E-state index is -3.44. The van der Waals surface area contributed by atoms with Gasteiger partial charge in [-0.2, -0.15) is 0 Å². The van der Waals surface area contributed by atoms with E-state index in [0.717, 1.165) is 17.5 Å². The third kappa shape index (κ3) is 6.28. The Morgan fingerprint density at radius 2 is 1.58 bits per heavy atom. The highest BCUT2D eigenvalue weighted by Gasteiger charge is 2.12. The number of carbonyl (C=O) groups excluding carboxylic acids is 1. The smallest absolute Gasteiger partial charge is 0.240 e. The number of sulfonamides is 1. The van der Waals surface area contributed by atoms with Crippen LogP contribution in [0.2, 0.25) is 0 Å². The fourth-order valence-corrected chi connectivity index (χ4v) is 3.54. The van der Waals surface area contributed by atoms with Crippen molar-refractivity contribution in [3.63, 3.8) is 0 Å². The minimum absolute atomic E-state index is 0.0214. The summed E-state index contributed by atoms with van der Waals surface area (Å²) in [5.41, 5.74) is 3.19. The predicted molar refractivity (Wildman–Crippen MR) is 103 cm³/mol. The number of carbonyl (C=O) groups is 1. The van der Waals surface area contributed by atoms with Gasteiger partial charge in [-0.1, -0.05) is 48.9 Å². The van der Waals surface area contributed by atoms with E-state index in [0.29, 0.717) is 25.9 Å². The number of hydrogen-bond donors (Lipinski definition) is 2. The molecule has 0 aliphatic carbocycles. The Hall–Kier alpha value is -2.18. The topological polar surface area (TPSA) is 75.3 Å². The van der Waals surface area contributed by atoms with Gasteiger partial charge < -0.3 is 5.32 Å². The summed E-state index contributed by atoms with van der Waals surface area (Å²) in [6, 6.07) is 14.7. The molecule has 26 heavy (non-hydrogen) atoms. The molecule has 1 amide bonds. The first kappa shape index (κ1) is 20.1. The Morgan fingerprint density at radius 3 is 2.19 bits per heavy atom. The first-order valence-corrected chi connectivity index (χ1v) is 10.3. The molecule has 2 aromatic carbocycles. The number of rotatable bonds is 9. The first-order valence-electron chi connectivity index (χ1n) is 8.81. The lowest BCUT2D eigenvalue weighted by atomic mass is 10.1. The van der Waals surface area contributed by atoms with Crippen LogP contribution in [0.1, 0.15) is 36.5 Å². The van der Waals surface area contributed by atoms with Crippen molar-refractivity contribution in [1.82, 2.24) is 10.0 Å². The molecule has 2 rings (SSSR count). The second kappa shape index (κ2) is 9.50. The van der Waals surface area contributed by atoms with Crippen molar-refractivity contribution < 1.29 is 13.2 Å². The summed E-state index contributed by atoms with van der Waals surface area (Å²) in [6.07, 6.45) is 1.68. The maximum atomic E-state index is 12.0. The number of benzene rings is 2. The molecule has 0 atom stereocenters. The van der Waals surface area contributed by atoms with Gasteiger partial charge in [-0.05, 0) is 43.0 Å². The highest BCUT2D eigenvalue weighted by molar-refractivity contribution is 7.89. The van der Waals surface area contributed by atoms with Crippen LogP contribution in [0.15, 0.2) is 53.4 Å². The molecule has 2 N–H and O–H groups in total. The molecule has 0 aliphatic heterocycles. The first-order chi connectivity index (χ1) is 12.4. The number of nitrogens with one attached hydrogen (secondary N) is 2. The molecule has 140 valence electrons. The summed E-state index contributed by atoms with van der Waals surface area (Å²) in [7, 11) is -3.44. The molecular weight excluding hydrogens is 348 g/mol. The molecule has 0 aromatic heterocycles. The molecule has 0 spiro atoms. The molecule has 0 saturated carbocycles. The van der Waals surface area contributed by atoms with Crippen molar-refractivity contribution in [1.29, 1.82) is 0 Å². The van der Waals surface area contributed by atoms with Crippen LogP contribution in [0.4, 0.5) is 0 Å². The van der Waals surface area contributed by atoms with Crippen molar-refractivity contribution in [3.05, 3.63) is 65.2 Å². The largest absolute Gasteiger partial charge is 0.352 e. The summed E-state index contributed by atoms with van der Waals surface area (Å²) in [5, 5.41) is 2.90. The Balaban J connectivity index is 1.81. The van der Waals surface area contributed by atoms with Gasteiger partial charge in [0.1, 0.15) is 0 Å². The second-order valence-corrected chi connectivity index (χ2v) is 8.07. The van der Waals surface area contributed by atoms with Crippen molar-refractivity contribution >= 4 is 15.9 Å². The van der Waals surface area contributed by atoms with E-state index in [1.807, 2.05) is 38.1 Å². The Bertz CT molecular complexity index is 813. The molecule has 2 aromatic rings. The normalized spacial score (nSPS) is 11.3. The Labute approximate surface area is 155 Å². The van der Waals surface area contributed by atoms with Gasteiger partial charge in [-0.25, -0.2) is 13.1 Å². The highest BCUT2D eigenvalue weighted by atomic mass is 32.2. The van der Waals surface area contributed by atoms with Crippen LogP contribution in [0.3, 0.4) is 0 Å². The molecule has 5 nitrogen and oxygen atoms in total. The van der Waals surface area contributed by atoms with Crippen molar-refractivity contribution in [2.45, 2.75) is 44.6 Å². The summed E-state index contributed by atoms with van der Waals surface area (Å²) in [5.74, 6) is -0.0214. The third-order valence-electron chi connectivity index (χ3n) is 4.03. The van der Waals surface area contributed by atoms with E-state index in [1.165, 1.54) is 5.56 Å². The van der Waals surface area contributed by atoms with Crippen molar-refractivity contribution in [3.8, 4) is 0 Å². The van der Waals surface area contributed by atoms with Crippen LogP contribution < -0.4 is 10.0 Å². The third-order valence-corrected chi connectivity index (χ3v) is 5.50. The van der Waals surface area contributed by atoms with Gasteiger partial charge in [0.2, 0.25) is 15.9 Å². The SMILES string of the molecule is CCCNS(=O)(=O)c1ccc(CCC(=O)NCc2ccc(C)cc2)cc1. The molecule has 0 bridgehead atoms. The number of aryl methyl sites for hydroxylation is 2. The molecular formula is C20H26N2O3S. The molecule has 0 fully saturated rings. The van der Waals surface area contributed by atoms with Gasteiger partial charge in [0, 0.05) is 19.5 Å². The van der Waals surface area contributed by atoms with Crippen LogP contribution in [0.5, 0.6) is 0 Å². The average molecular weight is 375 g/mol. The predicted octanol–water partition coefficient (Wildman–Crippen LogP) is 2.93. The van der Waals surface area contributed by atoms with E-state index in [-0.39, 0.29) is 10.8 Å².